The molecule has 7 rings (SSSR count). The average Bonchev–Trinajstić information content (AvgIpc) is 3.43. The van der Waals surface area contributed by atoms with Gasteiger partial charge in [0, 0.05) is 58.7 Å². The van der Waals surface area contributed by atoms with Gasteiger partial charge in [0.25, 0.3) is 0 Å². The molecular weight excluding hydrogens is 849 g/mol. The molecule has 2 amide bonds. The van der Waals surface area contributed by atoms with Gasteiger partial charge >= 0.3 is 6.03 Å². The van der Waals surface area contributed by atoms with Crippen molar-refractivity contribution in [3.63, 3.8) is 0 Å². The minimum atomic E-state index is -0.829. The van der Waals surface area contributed by atoms with E-state index in [1.165, 1.54) is 39.5 Å². The molecule has 0 saturated carbocycles. The largest absolute Gasteiger partial charge is 0.494 e. The van der Waals surface area contributed by atoms with Crippen LogP contribution in [0.4, 0.5) is 36.5 Å². The predicted octanol–water partition coefficient (Wildman–Crippen LogP) is 7.23. The molecule has 1 atom stereocenters. The molecule has 0 aliphatic carbocycles. The van der Waals surface area contributed by atoms with Gasteiger partial charge < -0.3 is 40.8 Å². The van der Waals surface area contributed by atoms with E-state index in [0.717, 1.165) is 19.9 Å². The SMILES string of the molecule is CNC.CO.CO.COC1=Nc2cc(OC)c(F)cc2C(c2ccccc2Cl)=NC1/C(C)=N/NC(N)=O.COc1cc2c(cc1F)C(c1ccccc1Cl)=Nc1c(n[nH]c1C)N2. The van der Waals surface area contributed by atoms with E-state index in [1.807, 2.05) is 39.2 Å². The number of hydrazone groups is 1. The number of benzene rings is 4. The van der Waals surface area contributed by atoms with Crippen molar-refractivity contribution in [2.75, 3.05) is 55.0 Å². The van der Waals surface area contributed by atoms with E-state index >= 15 is 0 Å². The summed E-state index contributed by atoms with van der Waals surface area (Å²) in [6.45, 7) is 3.50. The predicted molar refractivity (Wildman–Crippen MR) is 241 cm³/mol. The van der Waals surface area contributed by atoms with Crippen LogP contribution < -0.4 is 31.3 Å². The number of aromatic amines is 1. The van der Waals surface area contributed by atoms with Gasteiger partial charge in [-0.15, -0.1) is 0 Å². The summed E-state index contributed by atoms with van der Waals surface area (Å²) in [4.78, 5) is 25.0. The maximum atomic E-state index is 14.6. The molecular formula is C42H48Cl2F2N10O6. The summed E-state index contributed by atoms with van der Waals surface area (Å²) in [7, 11) is 9.96. The Balaban J connectivity index is 0.000000292. The quantitative estimate of drug-likeness (QED) is 0.0661. The molecule has 16 nitrogen and oxygen atoms in total. The van der Waals surface area contributed by atoms with Crippen LogP contribution in [0.2, 0.25) is 10.0 Å². The van der Waals surface area contributed by atoms with Gasteiger partial charge in [-0.05, 0) is 52.2 Å². The number of halogens is 4. The summed E-state index contributed by atoms with van der Waals surface area (Å²) in [6, 6.07) is 18.4. The van der Waals surface area contributed by atoms with Crippen molar-refractivity contribution < 1.29 is 38.0 Å². The number of amides is 2. The van der Waals surface area contributed by atoms with Crippen molar-refractivity contribution >= 4 is 75.1 Å². The highest BCUT2D eigenvalue weighted by Gasteiger charge is 2.29. The van der Waals surface area contributed by atoms with E-state index in [0.29, 0.717) is 72.3 Å². The van der Waals surface area contributed by atoms with Gasteiger partial charge in [0.2, 0.25) is 5.90 Å². The number of H-pyrrole nitrogens is 1. The van der Waals surface area contributed by atoms with Crippen LogP contribution in [0.5, 0.6) is 11.5 Å². The van der Waals surface area contributed by atoms with Gasteiger partial charge in [0.05, 0.1) is 55.5 Å². The summed E-state index contributed by atoms with van der Waals surface area (Å²) >= 11 is 12.8. The van der Waals surface area contributed by atoms with Crippen molar-refractivity contribution in [3.05, 3.63) is 122 Å². The zero-order valence-electron chi connectivity index (χ0n) is 35.4. The van der Waals surface area contributed by atoms with E-state index in [2.05, 4.69) is 36.4 Å². The average molecular weight is 898 g/mol. The molecule has 4 aromatic carbocycles. The molecule has 5 aromatic rings. The number of nitrogens with one attached hydrogen (secondary N) is 4. The molecule has 0 bridgehead atoms. The monoisotopic (exact) mass is 896 g/mol. The Bertz CT molecular complexity index is 2460. The molecule has 0 fully saturated rings. The summed E-state index contributed by atoms with van der Waals surface area (Å²) in [6.07, 6.45) is 0. The zero-order chi connectivity index (χ0) is 46.1. The molecule has 3 heterocycles. The first-order valence-electron chi connectivity index (χ1n) is 18.3. The number of urea groups is 1. The van der Waals surface area contributed by atoms with E-state index in [9.17, 15) is 13.6 Å². The highest BCUT2D eigenvalue weighted by atomic mass is 35.5. The zero-order valence-corrected chi connectivity index (χ0v) is 36.9. The Morgan fingerprint density at radius 3 is 1.87 bits per heavy atom. The Morgan fingerprint density at radius 2 is 1.34 bits per heavy atom. The van der Waals surface area contributed by atoms with Crippen LogP contribution in [0.15, 0.2) is 92.9 Å². The normalized spacial score (nSPS) is 13.3. The number of anilines is 2. The molecule has 20 heteroatoms. The lowest BCUT2D eigenvalue weighted by molar-refractivity contribution is 0.249. The number of fused-ring (bicyclic) bond motifs is 3. The fourth-order valence-electron chi connectivity index (χ4n) is 5.73. The number of aryl methyl sites for hydroxylation is 1. The molecule has 2 aliphatic heterocycles. The number of carbonyl (C=O) groups is 1. The number of nitrogens with zero attached hydrogens (tertiary/aromatic N) is 5. The number of primary amides is 1. The number of aliphatic imine (C=N–C) groups is 3. The molecule has 330 valence electrons. The van der Waals surface area contributed by atoms with Crippen molar-refractivity contribution in [1.82, 2.24) is 20.9 Å². The smallest absolute Gasteiger partial charge is 0.332 e. The highest BCUT2D eigenvalue weighted by Crippen LogP contribution is 2.40. The third kappa shape index (κ3) is 11.9. The van der Waals surface area contributed by atoms with Crippen molar-refractivity contribution in [1.29, 1.82) is 0 Å². The van der Waals surface area contributed by atoms with Crippen molar-refractivity contribution in [2.24, 2.45) is 25.8 Å². The Hall–Kier alpha value is -6.44. The van der Waals surface area contributed by atoms with Crippen molar-refractivity contribution in [3.8, 4) is 11.5 Å². The molecule has 8 N–H and O–H groups in total. The fraction of sp³-hybridized carbons (Fsp3) is 0.238. The van der Waals surface area contributed by atoms with Gasteiger partial charge in [0.15, 0.2) is 35.0 Å². The Labute approximate surface area is 367 Å². The number of aliphatic hydroxyl groups is 2. The summed E-state index contributed by atoms with van der Waals surface area (Å²) < 4.78 is 44.6. The van der Waals surface area contributed by atoms with Crippen LogP contribution >= 0.6 is 23.2 Å². The van der Waals surface area contributed by atoms with Gasteiger partial charge in [-0.2, -0.15) is 10.2 Å². The molecule has 62 heavy (non-hydrogen) atoms. The number of rotatable bonds is 6. The van der Waals surface area contributed by atoms with Gasteiger partial charge in [-0.1, -0.05) is 59.6 Å². The second kappa shape index (κ2) is 24.1. The van der Waals surface area contributed by atoms with E-state index in [1.54, 1.807) is 43.3 Å². The third-order valence-electron chi connectivity index (χ3n) is 8.39. The topological polar surface area (TPSA) is 225 Å². The van der Waals surface area contributed by atoms with Crippen LogP contribution in [-0.2, 0) is 4.74 Å². The van der Waals surface area contributed by atoms with Crippen molar-refractivity contribution in [2.45, 2.75) is 19.9 Å². The number of methoxy groups -OCH3 is 3. The van der Waals surface area contributed by atoms with Crippen LogP contribution in [0.25, 0.3) is 0 Å². The second-order valence-electron chi connectivity index (χ2n) is 12.4. The number of hydrogen-bond acceptors (Lipinski definition) is 13. The highest BCUT2D eigenvalue weighted by molar-refractivity contribution is 6.37. The van der Waals surface area contributed by atoms with E-state index in [4.69, 9.17) is 63.3 Å². The van der Waals surface area contributed by atoms with Crippen LogP contribution in [-0.4, -0.2) is 105 Å². The summed E-state index contributed by atoms with van der Waals surface area (Å²) in [5.74, 6) is -0.148. The lowest BCUT2D eigenvalue weighted by Gasteiger charge is -2.15. The van der Waals surface area contributed by atoms with E-state index in [-0.39, 0.29) is 17.4 Å². The first-order chi connectivity index (χ1) is 29.8. The third-order valence-corrected chi connectivity index (χ3v) is 9.05. The molecule has 0 spiro atoms. The second-order valence-corrected chi connectivity index (χ2v) is 13.2. The van der Waals surface area contributed by atoms with Crippen LogP contribution in [0.1, 0.15) is 34.9 Å². The lowest BCUT2D eigenvalue weighted by atomic mass is 10.00. The fourth-order valence-corrected chi connectivity index (χ4v) is 6.18. The molecule has 0 radical (unpaired) electrons. The maximum Gasteiger partial charge on any atom is 0.332 e. The van der Waals surface area contributed by atoms with Gasteiger partial charge in [-0.3, -0.25) is 10.1 Å². The standard InChI is InChI=1S/C20H19ClFN5O3.C18H14ClFN4O.C2H7N.2CH4O/c1-10(26-27-20(23)28)17-19(30-3)24-15-9-16(29-2)14(22)8-12(15)18(25-17)11-6-4-5-7-13(11)21;1-9-16-18(24-23-9)21-14-8-15(25-2)13(20)7-11(14)17(22-16)10-5-3-4-6-12(10)19;1-3-2;2*1-2/h4-9,17H,1-3H3,(H3,23,27,28);3-8H,1-2H3,(H2,21,23,24);3H,1-2H3;2*2H,1H3/b26-10+;;;;. The first kappa shape index (κ1) is 49.9. The minimum absolute atomic E-state index is 0.0192. The van der Waals surface area contributed by atoms with E-state index < -0.39 is 23.7 Å². The number of nitrogens with two attached hydrogens (primary N) is 1. The number of hydrogen-bond donors (Lipinski definition) is 7. The first-order valence-corrected chi connectivity index (χ1v) is 19.0. The molecule has 1 aromatic heterocycles. The number of ether oxygens (including phenoxy) is 3. The number of carbonyl (C=O) groups excluding carboxylic acids is 1. The van der Waals surface area contributed by atoms with Gasteiger partial charge in [0.1, 0.15) is 5.69 Å². The molecule has 2 aliphatic rings. The maximum absolute atomic E-state index is 14.6. The summed E-state index contributed by atoms with van der Waals surface area (Å²) in [5, 5.41) is 32.0. The van der Waals surface area contributed by atoms with Gasteiger partial charge in [-0.25, -0.2) is 29.0 Å². The van der Waals surface area contributed by atoms with Crippen LogP contribution in [0, 0.1) is 18.6 Å². The molecule has 0 saturated heterocycles. The number of aliphatic hydroxyl groups excluding tert-OH is 2. The van der Waals surface area contributed by atoms with Crippen LogP contribution in [0.3, 0.4) is 0 Å². The minimum Gasteiger partial charge on any atom is -0.494 e. The number of aromatic nitrogens is 2. The molecule has 1 unspecified atom stereocenters. The Kier molecular flexibility index (Phi) is 19.4. The summed E-state index contributed by atoms with van der Waals surface area (Å²) in [5.41, 5.74) is 13.3. The lowest BCUT2D eigenvalue weighted by Crippen LogP contribution is -2.32. The Morgan fingerprint density at radius 1 is 0.806 bits per heavy atom.